The minimum absolute atomic E-state index is 0.0476. The van der Waals surface area contributed by atoms with Crippen molar-refractivity contribution < 1.29 is 13.0 Å². The third-order valence-electron chi connectivity index (χ3n) is 2.76. The lowest BCUT2D eigenvalue weighted by molar-refractivity contribution is 0.483. The molecule has 17 heavy (non-hydrogen) atoms. The molecule has 3 nitrogen and oxygen atoms in total. The number of rotatable bonds is 3. The van der Waals surface area contributed by atoms with E-state index in [1.54, 1.807) is 6.07 Å². The fourth-order valence-corrected chi connectivity index (χ4v) is 2.47. The molecule has 2 aromatic rings. The van der Waals surface area contributed by atoms with Gasteiger partial charge in [0.25, 0.3) is 10.1 Å². The van der Waals surface area contributed by atoms with E-state index in [4.69, 9.17) is 4.55 Å². The summed E-state index contributed by atoms with van der Waals surface area (Å²) in [6.07, 6.45) is 1.89. The van der Waals surface area contributed by atoms with Gasteiger partial charge in [-0.25, -0.2) is 0 Å². The largest absolute Gasteiger partial charge is 0.294 e. The summed E-state index contributed by atoms with van der Waals surface area (Å²) in [5, 5.41) is 1.88. The zero-order valence-corrected chi connectivity index (χ0v) is 10.4. The van der Waals surface area contributed by atoms with Crippen LogP contribution in [0.3, 0.4) is 0 Å². The Morgan fingerprint density at radius 3 is 2.59 bits per heavy atom. The Morgan fingerprint density at radius 1 is 1.18 bits per heavy atom. The second-order valence-electron chi connectivity index (χ2n) is 4.03. The summed E-state index contributed by atoms with van der Waals surface area (Å²) in [6, 6.07) is 10.6. The van der Waals surface area contributed by atoms with E-state index in [-0.39, 0.29) is 4.90 Å². The molecule has 0 aliphatic rings. The van der Waals surface area contributed by atoms with E-state index in [0.717, 1.165) is 29.2 Å². The average Bonchev–Trinajstić information content (AvgIpc) is 2.28. The molecule has 0 saturated carbocycles. The summed E-state index contributed by atoms with van der Waals surface area (Å²) in [6.45, 7) is 2.07. The maximum atomic E-state index is 11.1. The lowest BCUT2D eigenvalue weighted by Gasteiger charge is -2.06. The molecule has 0 saturated heterocycles. The summed E-state index contributed by atoms with van der Waals surface area (Å²) in [5.41, 5.74) is 1.11. The highest BCUT2D eigenvalue weighted by atomic mass is 32.2. The molecule has 90 valence electrons. The van der Waals surface area contributed by atoms with Gasteiger partial charge in [0.05, 0.1) is 4.90 Å². The zero-order valence-electron chi connectivity index (χ0n) is 9.55. The molecule has 0 unspecified atom stereocenters. The maximum Gasteiger partial charge on any atom is 0.294 e. The first-order valence-electron chi connectivity index (χ1n) is 5.51. The fraction of sp³-hybridized carbons (Fsp3) is 0.231. The molecule has 0 atom stereocenters. The van der Waals surface area contributed by atoms with Crippen molar-refractivity contribution in [2.24, 2.45) is 0 Å². The Balaban J connectivity index is 2.70. The second kappa shape index (κ2) is 4.47. The Hall–Kier alpha value is -1.39. The van der Waals surface area contributed by atoms with Crippen molar-refractivity contribution in [2.75, 3.05) is 0 Å². The molecule has 0 aliphatic carbocycles. The summed E-state index contributed by atoms with van der Waals surface area (Å²) in [7, 11) is -4.13. The molecule has 2 rings (SSSR count). The van der Waals surface area contributed by atoms with Gasteiger partial charge < -0.3 is 0 Å². The van der Waals surface area contributed by atoms with Crippen LogP contribution in [0.2, 0.25) is 0 Å². The van der Waals surface area contributed by atoms with Crippen LogP contribution >= 0.6 is 0 Å². The highest BCUT2D eigenvalue weighted by Crippen LogP contribution is 2.23. The van der Waals surface area contributed by atoms with E-state index >= 15 is 0 Å². The molecule has 1 N–H and O–H groups in total. The van der Waals surface area contributed by atoms with Crippen LogP contribution in [0, 0.1) is 0 Å². The van der Waals surface area contributed by atoms with Gasteiger partial charge in [0.15, 0.2) is 0 Å². The van der Waals surface area contributed by atoms with Gasteiger partial charge in [-0.3, -0.25) is 4.55 Å². The second-order valence-corrected chi connectivity index (χ2v) is 5.45. The van der Waals surface area contributed by atoms with Crippen molar-refractivity contribution in [1.29, 1.82) is 0 Å². The van der Waals surface area contributed by atoms with Crippen molar-refractivity contribution in [3.63, 3.8) is 0 Å². The predicted molar refractivity (Wildman–Crippen MR) is 67.8 cm³/mol. The molecular weight excluding hydrogens is 236 g/mol. The van der Waals surface area contributed by atoms with Gasteiger partial charge in [-0.15, -0.1) is 0 Å². The van der Waals surface area contributed by atoms with E-state index in [2.05, 4.69) is 6.92 Å². The third-order valence-corrected chi connectivity index (χ3v) is 3.61. The summed E-state index contributed by atoms with van der Waals surface area (Å²) < 4.78 is 31.2. The molecule has 2 aromatic carbocycles. The first-order chi connectivity index (χ1) is 8.02. The van der Waals surface area contributed by atoms with Gasteiger partial charge in [-0.1, -0.05) is 37.6 Å². The van der Waals surface area contributed by atoms with Gasteiger partial charge in [0.1, 0.15) is 0 Å². The fourth-order valence-electron chi connectivity index (χ4n) is 1.96. The van der Waals surface area contributed by atoms with Gasteiger partial charge in [-0.2, -0.15) is 8.42 Å². The Kier molecular flexibility index (Phi) is 3.17. The van der Waals surface area contributed by atoms with Crippen molar-refractivity contribution in [3.8, 4) is 0 Å². The van der Waals surface area contributed by atoms with E-state index < -0.39 is 10.1 Å². The Morgan fingerprint density at radius 2 is 1.94 bits per heavy atom. The average molecular weight is 250 g/mol. The van der Waals surface area contributed by atoms with Crippen LogP contribution in [0.5, 0.6) is 0 Å². The van der Waals surface area contributed by atoms with Crippen molar-refractivity contribution in [1.82, 2.24) is 0 Å². The number of aryl methyl sites for hydroxylation is 1. The monoisotopic (exact) mass is 250 g/mol. The number of fused-ring (bicyclic) bond motifs is 1. The van der Waals surface area contributed by atoms with Crippen molar-refractivity contribution >= 4 is 20.9 Å². The smallest absolute Gasteiger partial charge is 0.282 e. The Labute approximate surface area is 101 Å². The van der Waals surface area contributed by atoms with Crippen LogP contribution < -0.4 is 0 Å². The summed E-state index contributed by atoms with van der Waals surface area (Å²) in [5.74, 6) is 0. The van der Waals surface area contributed by atoms with E-state index in [9.17, 15) is 8.42 Å². The highest BCUT2D eigenvalue weighted by Gasteiger charge is 2.10. The van der Waals surface area contributed by atoms with Crippen molar-refractivity contribution in [2.45, 2.75) is 24.7 Å². The van der Waals surface area contributed by atoms with Crippen LogP contribution in [0.1, 0.15) is 18.9 Å². The first kappa shape index (κ1) is 12.1. The molecule has 0 radical (unpaired) electrons. The van der Waals surface area contributed by atoms with Crippen LogP contribution in [0.25, 0.3) is 10.8 Å². The molecule has 0 aromatic heterocycles. The van der Waals surface area contributed by atoms with E-state index in [1.165, 1.54) is 12.1 Å². The lowest BCUT2D eigenvalue weighted by Crippen LogP contribution is -1.98. The Bertz CT molecular complexity index is 645. The molecule has 0 aliphatic heterocycles. The predicted octanol–water partition coefficient (Wildman–Crippen LogP) is 3.04. The molecular formula is C13H14O3S. The minimum Gasteiger partial charge on any atom is -0.282 e. The van der Waals surface area contributed by atoms with Gasteiger partial charge in [0, 0.05) is 0 Å². The van der Waals surface area contributed by atoms with Gasteiger partial charge >= 0.3 is 0 Å². The summed E-state index contributed by atoms with van der Waals surface area (Å²) in [4.78, 5) is -0.0476. The number of benzene rings is 2. The third kappa shape index (κ3) is 2.48. The quantitative estimate of drug-likeness (QED) is 0.852. The van der Waals surface area contributed by atoms with Gasteiger partial charge in [0.2, 0.25) is 0 Å². The van der Waals surface area contributed by atoms with Crippen LogP contribution in [0.15, 0.2) is 41.3 Å². The van der Waals surface area contributed by atoms with E-state index in [0.29, 0.717) is 0 Å². The molecule has 0 spiro atoms. The van der Waals surface area contributed by atoms with Crippen LogP contribution in [-0.2, 0) is 16.5 Å². The first-order valence-corrected chi connectivity index (χ1v) is 6.95. The molecule has 0 fully saturated rings. The lowest BCUT2D eigenvalue weighted by atomic mass is 10.0. The molecule has 0 heterocycles. The van der Waals surface area contributed by atoms with Crippen LogP contribution in [0.4, 0.5) is 0 Å². The van der Waals surface area contributed by atoms with Crippen LogP contribution in [-0.4, -0.2) is 13.0 Å². The molecule has 0 bridgehead atoms. The SMILES string of the molecule is CCCc1cccc2ccc(S(=O)(=O)O)cc12. The minimum atomic E-state index is -4.13. The van der Waals surface area contributed by atoms with E-state index in [1.807, 2.05) is 18.2 Å². The number of hydrogen-bond donors (Lipinski definition) is 1. The topological polar surface area (TPSA) is 54.4 Å². The molecule has 4 heteroatoms. The maximum absolute atomic E-state index is 11.1. The zero-order chi connectivity index (χ0) is 12.5. The van der Waals surface area contributed by atoms with Crippen molar-refractivity contribution in [3.05, 3.63) is 42.0 Å². The summed E-state index contributed by atoms with van der Waals surface area (Å²) >= 11 is 0. The normalized spacial score (nSPS) is 11.9. The highest BCUT2D eigenvalue weighted by molar-refractivity contribution is 7.85. The number of hydrogen-bond acceptors (Lipinski definition) is 2. The molecule has 0 amide bonds. The van der Waals surface area contributed by atoms with Gasteiger partial charge in [-0.05, 0) is 34.9 Å². The standard InChI is InChI=1S/C13H14O3S/c1-2-4-10-5-3-6-11-7-8-12(9-13(10)11)17(14,15)16/h3,5-9H,2,4H2,1H3,(H,14,15,16).